The lowest BCUT2D eigenvalue weighted by atomic mass is 9.49. The molecule has 6 rings (SSSR count). The molecule has 142 valence electrons. The molecule has 1 saturated heterocycles. The molecule has 4 aliphatic carbocycles. The third-order valence-electron chi connectivity index (χ3n) is 7.76. The van der Waals surface area contributed by atoms with Crippen LogP contribution >= 0.6 is 11.6 Å². The lowest BCUT2D eigenvalue weighted by Gasteiger charge is -2.57. The van der Waals surface area contributed by atoms with Crippen LogP contribution in [0.5, 0.6) is 0 Å². The Morgan fingerprint density at radius 3 is 2.35 bits per heavy atom. The molecule has 1 unspecified atom stereocenters. The van der Waals surface area contributed by atoms with Gasteiger partial charge in [-0.2, -0.15) is 5.10 Å². The minimum Gasteiger partial charge on any atom is -0.334 e. The molecule has 5 heteroatoms. The highest BCUT2D eigenvalue weighted by atomic mass is 35.5. The zero-order valence-corrected chi connectivity index (χ0v) is 16.5. The molecule has 0 radical (unpaired) electrons. The van der Waals surface area contributed by atoms with Gasteiger partial charge in [0.25, 0.3) is 0 Å². The van der Waals surface area contributed by atoms with Crippen molar-refractivity contribution in [2.75, 3.05) is 6.54 Å². The standard InChI is InChI=1S/C21H30ClN3O/c1-24-19(17(22)13-23-24)18-5-3-2-4-6-25(18)20(26)21-10-14-7-15(11-21)9-16(8-14)12-21/h13-16,18H,2-12H2,1H3. The topological polar surface area (TPSA) is 38.1 Å². The van der Waals surface area contributed by atoms with E-state index < -0.39 is 0 Å². The van der Waals surface area contributed by atoms with Crippen LogP contribution in [0.1, 0.15) is 75.9 Å². The maximum Gasteiger partial charge on any atom is 0.229 e. The molecule has 4 bridgehead atoms. The van der Waals surface area contributed by atoms with Crippen LogP contribution in [0.25, 0.3) is 0 Å². The molecule has 5 aliphatic rings. The third kappa shape index (κ3) is 2.63. The van der Waals surface area contributed by atoms with Crippen LogP contribution in [0.4, 0.5) is 0 Å². The van der Waals surface area contributed by atoms with Crippen molar-refractivity contribution < 1.29 is 4.79 Å². The van der Waals surface area contributed by atoms with Gasteiger partial charge in [0.1, 0.15) is 0 Å². The number of aromatic nitrogens is 2. The molecule has 5 fully saturated rings. The average Bonchev–Trinajstić information content (AvgIpc) is 2.80. The van der Waals surface area contributed by atoms with E-state index in [0.29, 0.717) is 10.9 Å². The number of aryl methyl sites for hydroxylation is 1. The van der Waals surface area contributed by atoms with Gasteiger partial charge in [0, 0.05) is 13.6 Å². The van der Waals surface area contributed by atoms with Crippen LogP contribution in [0.3, 0.4) is 0 Å². The van der Waals surface area contributed by atoms with E-state index in [1.165, 1.54) is 25.7 Å². The number of likely N-dealkylation sites (tertiary alicyclic amines) is 1. The number of carbonyl (C=O) groups excluding carboxylic acids is 1. The summed E-state index contributed by atoms with van der Waals surface area (Å²) >= 11 is 6.50. The maximum absolute atomic E-state index is 14.0. The van der Waals surface area contributed by atoms with Crippen LogP contribution in [-0.4, -0.2) is 27.1 Å². The molecule has 0 spiro atoms. The van der Waals surface area contributed by atoms with Gasteiger partial charge < -0.3 is 4.90 Å². The van der Waals surface area contributed by atoms with Gasteiger partial charge in [0.05, 0.1) is 28.4 Å². The average molecular weight is 376 g/mol. The first-order valence-electron chi connectivity index (χ1n) is 10.5. The Morgan fingerprint density at radius 1 is 1.12 bits per heavy atom. The second-order valence-corrected chi connectivity index (χ2v) is 9.97. The normalized spacial score (nSPS) is 39.2. The second kappa shape index (κ2) is 6.25. The smallest absolute Gasteiger partial charge is 0.229 e. The first-order valence-corrected chi connectivity index (χ1v) is 10.9. The van der Waals surface area contributed by atoms with Gasteiger partial charge in [0.2, 0.25) is 5.91 Å². The third-order valence-corrected chi connectivity index (χ3v) is 8.05. The van der Waals surface area contributed by atoms with E-state index in [0.717, 1.165) is 68.5 Å². The fourth-order valence-electron chi connectivity index (χ4n) is 7.11. The summed E-state index contributed by atoms with van der Waals surface area (Å²) in [6.45, 7) is 0.882. The van der Waals surface area contributed by atoms with E-state index in [9.17, 15) is 4.79 Å². The van der Waals surface area contributed by atoms with Gasteiger partial charge in [-0.1, -0.05) is 24.4 Å². The summed E-state index contributed by atoms with van der Waals surface area (Å²) in [5, 5.41) is 5.07. The summed E-state index contributed by atoms with van der Waals surface area (Å²) in [6, 6.07) is 0.0954. The second-order valence-electron chi connectivity index (χ2n) is 9.56. The summed E-state index contributed by atoms with van der Waals surface area (Å²) in [5.74, 6) is 2.85. The van der Waals surface area contributed by atoms with Crippen molar-refractivity contribution in [2.45, 2.75) is 70.3 Å². The van der Waals surface area contributed by atoms with Crippen molar-refractivity contribution in [2.24, 2.45) is 30.2 Å². The first-order chi connectivity index (χ1) is 12.6. The van der Waals surface area contributed by atoms with Crippen LogP contribution in [0.15, 0.2) is 6.20 Å². The molecule has 26 heavy (non-hydrogen) atoms. The summed E-state index contributed by atoms with van der Waals surface area (Å²) < 4.78 is 1.89. The van der Waals surface area contributed by atoms with Gasteiger partial charge in [-0.3, -0.25) is 9.48 Å². The fourth-order valence-corrected chi connectivity index (χ4v) is 7.40. The summed E-state index contributed by atoms with van der Waals surface area (Å²) in [5.41, 5.74) is 0.967. The molecule has 0 aromatic carbocycles. The van der Waals surface area contributed by atoms with Crippen molar-refractivity contribution in [1.29, 1.82) is 0 Å². The Bertz CT molecular complexity index is 657. The fraction of sp³-hybridized carbons (Fsp3) is 0.810. The molecule has 1 amide bonds. The van der Waals surface area contributed by atoms with Crippen molar-refractivity contribution in [3.63, 3.8) is 0 Å². The molecule has 0 N–H and O–H groups in total. The highest BCUT2D eigenvalue weighted by Crippen LogP contribution is 2.61. The lowest BCUT2D eigenvalue weighted by Crippen LogP contribution is -2.55. The molecule has 1 aliphatic heterocycles. The van der Waals surface area contributed by atoms with Gasteiger partial charge in [-0.25, -0.2) is 0 Å². The van der Waals surface area contributed by atoms with Crippen LogP contribution in [-0.2, 0) is 11.8 Å². The Hall–Kier alpha value is -1.03. The van der Waals surface area contributed by atoms with Crippen molar-refractivity contribution in [3.05, 3.63) is 16.9 Å². The van der Waals surface area contributed by atoms with Crippen molar-refractivity contribution in [3.8, 4) is 0 Å². The number of hydrogen-bond donors (Lipinski definition) is 0. The minimum atomic E-state index is -0.0671. The first kappa shape index (κ1) is 17.1. The van der Waals surface area contributed by atoms with E-state index in [2.05, 4.69) is 10.00 Å². The summed E-state index contributed by atoms with van der Waals surface area (Å²) in [6.07, 6.45) is 13.8. The number of carbonyl (C=O) groups is 1. The van der Waals surface area contributed by atoms with Crippen LogP contribution in [0.2, 0.25) is 5.02 Å². The number of nitrogens with zero attached hydrogens (tertiary/aromatic N) is 3. The molecular weight excluding hydrogens is 346 g/mol. The van der Waals surface area contributed by atoms with Gasteiger partial charge >= 0.3 is 0 Å². The Labute approximate surface area is 161 Å². The quantitative estimate of drug-likeness (QED) is 0.749. The van der Waals surface area contributed by atoms with Crippen molar-refractivity contribution in [1.82, 2.24) is 14.7 Å². The number of halogens is 1. The van der Waals surface area contributed by atoms with E-state index in [1.807, 2.05) is 11.7 Å². The van der Waals surface area contributed by atoms with Gasteiger partial charge in [-0.15, -0.1) is 0 Å². The number of hydrogen-bond acceptors (Lipinski definition) is 2. The van der Waals surface area contributed by atoms with Gasteiger partial charge in [-0.05, 0) is 69.1 Å². The van der Waals surface area contributed by atoms with Crippen molar-refractivity contribution >= 4 is 17.5 Å². The number of rotatable bonds is 2. The molecule has 4 nitrogen and oxygen atoms in total. The molecule has 4 saturated carbocycles. The van der Waals surface area contributed by atoms with E-state index >= 15 is 0 Å². The van der Waals surface area contributed by atoms with Crippen LogP contribution < -0.4 is 0 Å². The zero-order chi connectivity index (χ0) is 17.9. The maximum atomic E-state index is 14.0. The van der Waals surface area contributed by atoms with Gasteiger partial charge in [0.15, 0.2) is 0 Å². The van der Waals surface area contributed by atoms with E-state index in [4.69, 9.17) is 11.6 Å². The van der Waals surface area contributed by atoms with E-state index in [-0.39, 0.29) is 11.5 Å². The number of amides is 1. The van der Waals surface area contributed by atoms with Crippen LogP contribution in [0, 0.1) is 23.2 Å². The molecular formula is C21H30ClN3O. The predicted molar refractivity (Wildman–Crippen MR) is 102 cm³/mol. The predicted octanol–water partition coefficient (Wildman–Crippen LogP) is 4.73. The molecule has 1 aromatic rings. The minimum absolute atomic E-state index is 0.0671. The molecule has 2 heterocycles. The Kier molecular flexibility index (Phi) is 4.11. The molecule has 1 aromatic heterocycles. The van der Waals surface area contributed by atoms with E-state index in [1.54, 1.807) is 6.20 Å². The monoisotopic (exact) mass is 375 g/mol. The Balaban J connectivity index is 1.49. The summed E-state index contributed by atoms with van der Waals surface area (Å²) in [4.78, 5) is 16.2. The summed E-state index contributed by atoms with van der Waals surface area (Å²) in [7, 11) is 1.96. The lowest BCUT2D eigenvalue weighted by molar-refractivity contribution is -0.160. The SMILES string of the molecule is Cn1ncc(Cl)c1C1CCCCCN1C(=O)C12CC3CC(CC(C3)C1)C2. The largest absolute Gasteiger partial charge is 0.334 e. The highest BCUT2D eigenvalue weighted by Gasteiger charge is 2.56. The Morgan fingerprint density at radius 2 is 1.77 bits per heavy atom. The zero-order valence-electron chi connectivity index (χ0n) is 15.8. The molecule has 1 atom stereocenters. The highest BCUT2D eigenvalue weighted by molar-refractivity contribution is 6.31.